The van der Waals surface area contributed by atoms with Gasteiger partial charge in [-0.1, -0.05) is 0 Å². The van der Waals surface area contributed by atoms with E-state index in [9.17, 15) is 9.59 Å². The van der Waals surface area contributed by atoms with Crippen molar-refractivity contribution < 1.29 is 9.59 Å². The molecule has 2 aliphatic rings. The fraction of sp³-hybridized carbons (Fsp3) is 0.500. The summed E-state index contributed by atoms with van der Waals surface area (Å²) in [5.74, 6) is 0.581. The number of carbonyl (C=O) groups is 2. The standard InChI is InChI=1S/C20H25N7O2/c1-25(2)18(29)20-5-3-10-26(17(28)16-11-21-8-9-22-16)12-15(20)13-27(14-20)19-23-6-4-7-24-19/h4,6-9,11,15H,3,5,10,12-14H2,1-2H3/t15-,20-/m0/s1. The van der Waals surface area contributed by atoms with Gasteiger partial charge < -0.3 is 14.7 Å². The third kappa shape index (κ3) is 3.52. The van der Waals surface area contributed by atoms with Crippen molar-refractivity contribution in [3.63, 3.8) is 0 Å². The number of nitrogens with zero attached hydrogens (tertiary/aromatic N) is 7. The number of hydrogen-bond acceptors (Lipinski definition) is 7. The van der Waals surface area contributed by atoms with Gasteiger partial charge in [-0.3, -0.25) is 14.6 Å². The second kappa shape index (κ2) is 7.73. The molecule has 2 saturated heterocycles. The molecule has 2 atom stereocenters. The fourth-order valence-electron chi connectivity index (χ4n) is 4.59. The van der Waals surface area contributed by atoms with E-state index < -0.39 is 5.41 Å². The Morgan fingerprint density at radius 2 is 1.90 bits per heavy atom. The van der Waals surface area contributed by atoms with Crippen molar-refractivity contribution in [2.45, 2.75) is 12.8 Å². The molecule has 0 bridgehead atoms. The molecule has 0 spiro atoms. The average molecular weight is 395 g/mol. The van der Waals surface area contributed by atoms with Crippen LogP contribution in [0.2, 0.25) is 0 Å². The van der Waals surface area contributed by atoms with Crippen LogP contribution in [-0.4, -0.2) is 81.8 Å². The van der Waals surface area contributed by atoms with Crippen molar-refractivity contribution in [3.05, 3.63) is 42.7 Å². The number of carbonyl (C=O) groups excluding carboxylic acids is 2. The van der Waals surface area contributed by atoms with Crippen LogP contribution in [0, 0.1) is 11.3 Å². The van der Waals surface area contributed by atoms with Crippen LogP contribution in [-0.2, 0) is 4.79 Å². The Kier molecular flexibility index (Phi) is 5.12. The molecule has 152 valence electrons. The van der Waals surface area contributed by atoms with E-state index >= 15 is 0 Å². The largest absolute Gasteiger partial charge is 0.348 e. The smallest absolute Gasteiger partial charge is 0.274 e. The van der Waals surface area contributed by atoms with E-state index in [1.165, 1.54) is 12.4 Å². The zero-order valence-electron chi connectivity index (χ0n) is 16.7. The van der Waals surface area contributed by atoms with Crippen LogP contribution < -0.4 is 4.90 Å². The fourth-order valence-corrected chi connectivity index (χ4v) is 4.59. The second-order valence-corrected chi connectivity index (χ2v) is 7.93. The van der Waals surface area contributed by atoms with Crippen molar-refractivity contribution >= 4 is 17.8 Å². The Bertz CT molecular complexity index is 877. The maximum Gasteiger partial charge on any atom is 0.274 e. The van der Waals surface area contributed by atoms with Crippen LogP contribution in [0.4, 0.5) is 5.95 Å². The predicted octanol–water partition coefficient (Wildman–Crippen LogP) is 0.714. The lowest BCUT2D eigenvalue weighted by Gasteiger charge is -2.34. The Balaban J connectivity index is 1.64. The van der Waals surface area contributed by atoms with Crippen LogP contribution >= 0.6 is 0 Å². The number of fused-ring (bicyclic) bond motifs is 1. The first-order valence-electron chi connectivity index (χ1n) is 9.80. The van der Waals surface area contributed by atoms with E-state index in [4.69, 9.17) is 0 Å². The monoisotopic (exact) mass is 395 g/mol. The number of hydrogen-bond donors (Lipinski definition) is 0. The molecule has 0 saturated carbocycles. The highest BCUT2D eigenvalue weighted by Crippen LogP contribution is 2.44. The van der Waals surface area contributed by atoms with Gasteiger partial charge >= 0.3 is 0 Å². The molecule has 0 radical (unpaired) electrons. The topological polar surface area (TPSA) is 95.4 Å². The Labute approximate surface area is 169 Å². The molecule has 29 heavy (non-hydrogen) atoms. The first-order chi connectivity index (χ1) is 14.0. The van der Waals surface area contributed by atoms with Crippen LogP contribution in [0.5, 0.6) is 0 Å². The second-order valence-electron chi connectivity index (χ2n) is 7.93. The Morgan fingerprint density at radius 1 is 1.10 bits per heavy atom. The zero-order chi connectivity index (χ0) is 20.4. The quantitative estimate of drug-likeness (QED) is 0.755. The van der Waals surface area contributed by atoms with Crippen molar-refractivity contribution in [3.8, 4) is 0 Å². The molecule has 0 aliphatic carbocycles. The zero-order valence-corrected chi connectivity index (χ0v) is 16.7. The molecule has 2 aromatic heterocycles. The number of amides is 2. The summed E-state index contributed by atoms with van der Waals surface area (Å²) in [6.45, 7) is 2.30. The Morgan fingerprint density at radius 3 is 2.59 bits per heavy atom. The molecule has 4 heterocycles. The summed E-state index contributed by atoms with van der Waals surface area (Å²) < 4.78 is 0. The third-order valence-electron chi connectivity index (χ3n) is 5.92. The molecule has 2 aliphatic heterocycles. The van der Waals surface area contributed by atoms with Gasteiger partial charge in [0.05, 0.1) is 11.6 Å². The van der Waals surface area contributed by atoms with Gasteiger partial charge in [0, 0.05) is 71.0 Å². The van der Waals surface area contributed by atoms with Crippen LogP contribution in [0.1, 0.15) is 23.3 Å². The normalized spacial score (nSPS) is 24.0. The number of likely N-dealkylation sites (tertiary alicyclic amines) is 1. The molecule has 0 N–H and O–H groups in total. The van der Waals surface area contributed by atoms with Gasteiger partial charge in [-0.05, 0) is 18.9 Å². The summed E-state index contributed by atoms with van der Waals surface area (Å²) in [5, 5.41) is 0. The maximum absolute atomic E-state index is 13.3. The molecule has 4 rings (SSSR count). The highest BCUT2D eigenvalue weighted by atomic mass is 16.2. The van der Waals surface area contributed by atoms with Gasteiger partial charge in [-0.2, -0.15) is 0 Å². The number of aromatic nitrogens is 4. The van der Waals surface area contributed by atoms with Gasteiger partial charge in [0.25, 0.3) is 5.91 Å². The van der Waals surface area contributed by atoms with Gasteiger partial charge in [-0.15, -0.1) is 0 Å². The SMILES string of the molecule is CN(C)C(=O)[C@]12CCCN(C(=O)c3cnccn3)C[C@H]1CN(c1ncccn1)C2. The molecule has 2 aromatic rings. The Hall–Kier alpha value is -3.10. The lowest BCUT2D eigenvalue weighted by atomic mass is 9.74. The lowest BCUT2D eigenvalue weighted by Crippen LogP contribution is -2.47. The summed E-state index contributed by atoms with van der Waals surface area (Å²) in [6, 6.07) is 1.78. The van der Waals surface area contributed by atoms with Gasteiger partial charge in [0.1, 0.15) is 5.69 Å². The number of anilines is 1. The predicted molar refractivity (Wildman–Crippen MR) is 106 cm³/mol. The van der Waals surface area contributed by atoms with Gasteiger partial charge in [-0.25, -0.2) is 15.0 Å². The van der Waals surface area contributed by atoms with E-state index in [0.717, 1.165) is 12.8 Å². The van der Waals surface area contributed by atoms with E-state index in [0.29, 0.717) is 37.8 Å². The van der Waals surface area contributed by atoms with E-state index in [1.807, 2.05) is 4.90 Å². The third-order valence-corrected chi connectivity index (χ3v) is 5.92. The summed E-state index contributed by atoms with van der Waals surface area (Å²) >= 11 is 0. The molecular weight excluding hydrogens is 370 g/mol. The van der Waals surface area contributed by atoms with E-state index in [2.05, 4.69) is 24.8 Å². The molecule has 2 amide bonds. The molecular formula is C20H25N7O2. The van der Waals surface area contributed by atoms with Crippen molar-refractivity contribution in [1.82, 2.24) is 29.7 Å². The summed E-state index contributed by atoms with van der Waals surface area (Å²) in [7, 11) is 3.59. The van der Waals surface area contributed by atoms with Gasteiger partial charge in [0.15, 0.2) is 0 Å². The highest BCUT2D eigenvalue weighted by molar-refractivity contribution is 5.92. The summed E-state index contributed by atoms with van der Waals surface area (Å²) in [4.78, 5) is 48.8. The molecule has 0 unspecified atom stereocenters. The van der Waals surface area contributed by atoms with Crippen LogP contribution in [0.15, 0.2) is 37.1 Å². The molecule has 0 aromatic carbocycles. The minimum atomic E-state index is -0.555. The van der Waals surface area contributed by atoms with Crippen LogP contribution in [0.25, 0.3) is 0 Å². The minimum absolute atomic E-state index is 0.00988. The number of rotatable bonds is 3. The van der Waals surface area contributed by atoms with E-state index in [1.54, 1.807) is 43.7 Å². The maximum atomic E-state index is 13.3. The molecule has 9 heteroatoms. The van der Waals surface area contributed by atoms with Crippen molar-refractivity contribution in [2.24, 2.45) is 11.3 Å². The first-order valence-corrected chi connectivity index (χ1v) is 9.80. The van der Waals surface area contributed by atoms with Crippen LogP contribution in [0.3, 0.4) is 0 Å². The van der Waals surface area contributed by atoms with Gasteiger partial charge in [0.2, 0.25) is 11.9 Å². The average Bonchev–Trinajstić information content (AvgIpc) is 3.02. The molecule has 2 fully saturated rings. The first kappa shape index (κ1) is 19.2. The van der Waals surface area contributed by atoms with Crippen molar-refractivity contribution in [1.29, 1.82) is 0 Å². The summed E-state index contributed by atoms with van der Waals surface area (Å²) in [6.07, 6.45) is 9.46. The summed E-state index contributed by atoms with van der Waals surface area (Å²) in [5.41, 5.74) is -0.222. The highest BCUT2D eigenvalue weighted by Gasteiger charge is 2.54. The van der Waals surface area contributed by atoms with E-state index in [-0.39, 0.29) is 17.7 Å². The minimum Gasteiger partial charge on any atom is -0.348 e. The lowest BCUT2D eigenvalue weighted by molar-refractivity contribution is -0.141. The van der Waals surface area contributed by atoms with Crippen molar-refractivity contribution in [2.75, 3.05) is 45.2 Å². The molecule has 9 nitrogen and oxygen atoms in total.